The van der Waals surface area contributed by atoms with Gasteiger partial charge in [-0.3, -0.25) is 0 Å². The van der Waals surface area contributed by atoms with Crippen molar-refractivity contribution in [1.82, 2.24) is 0 Å². The van der Waals surface area contributed by atoms with E-state index >= 15 is 0 Å². The van der Waals surface area contributed by atoms with Gasteiger partial charge in [-0.05, 0) is 58.5 Å². The van der Waals surface area contributed by atoms with Crippen molar-refractivity contribution in [3.8, 4) is 5.75 Å². The highest BCUT2D eigenvalue weighted by Gasteiger charge is 2.53. The van der Waals surface area contributed by atoms with Gasteiger partial charge in [0.15, 0.2) is 0 Å². The summed E-state index contributed by atoms with van der Waals surface area (Å²) in [6.45, 7) is 11.5. The molecule has 1 aromatic carbocycles. The zero-order valence-electron chi connectivity index (χ0n) is 16.0. The van der Waals surface area contributed by atoms with Crippen LogP contribution in [0.25, 0.3) is 0 Å². The molecule has 1 aliphatic heterocycles. The molecule has 1 saturated heterocycles. The summed E-state index contributed by atoms with van der Waals surface area (Å²) < 4.78 is 18.4. The lowest BCUT2D eigenvalue weighted by molar-refractivity contribution is 0.00578. The van der Waals surface area contributed by atoms with Crippen LogP contribution < -0.4 is 4.74 Å². The van der Waals surface area contributed by atoms with Crippen molar-refractivity contribution in [2.75, 3.05) is 6.61 Å². The van der Waals surface area contributed by atoms with Crippen molar-refractivity contribution in [2.45, 2.75) is 83.7 Å². The van der Waals surface area contributed by atoms with E-state index in [1.807, 2.05) is 30.3 Å². The fraction of sp³-hybridized carbons (Fsp3) is 0.700. The van der Waals surface area contributed by atoms with Crippen molar-refractivity contribution in [2.24, 2.45) is 0 Å². The highest BCUT2D eigenvalue weighted by Crippen LogP contribution is 2.42. The molecule has 1 aromatic rings. The second-order valence-electron chi connectivity index (χ2n) is 7.83. The summed E-state index contributed by atoms with van der Waals surface area (Å²) in [4.78, 5) is 0. The van der Waals surface area contributed by atoms with Gasteiger partial charge in [-0.1, -0.05) is 44.4 Å². The van der Waals surface area contributed by atoms with Crippen LogP contribution in [0.3, 0.4) is 0 Å². The number of benzene rings is 1. The summed E-state index contributed by atoms with van der Waals surface area (Å²) in [5.41, 5.74) is -0.495. The van der Waals surface area contributed by atoms with Gasteiger partial charge in [-0.25, -0.2) is 0 Å². The predicted molar refractivity (Wildman–Crippen MR) is 101 cm³/mol. The van der Waals surface area contributed by atoms with Crippen LogP contribution in [0.5, 0.6) is 5.75 Å². The molecule has 3 nitrogen and oxygen atoms in total. The molecule has 0 saturated carbocycles. The molecule has 0 aliphatic carbocycles. The number of hydrogen-bond donors (Lipinski definition) is 0. The fourth-order valence-electron chi connectivity index (χ4n) is 3.02. The van der Waals surface area contributed by atoms with Gasteiger partial charge in [0.05, 0.1) is 17.8 Å². The summed E-state index contributed by atoms with van der Waals surface area (Å²) >= 11 is 0. The maximum Gasteiger partial charge on any atom is 0.461 e. The quantitative estimate of drug-likeness (QED) is 0.441. The molecule has 0 radical (unpaired) electrons. The van der Waals surface area contributed by atoms with Crippen molar-refractivity contribution < 1.29 is 14.0 Å². The molecular weight excluding hydrogens is 299 g/mol. The van der Waals surface area contributed by atoms with Gasteiger partial charge in [0.25, 0.3) is 0 Å². The number of unbranched alkanes of at least 4 members (excludes halogenated alkanes) is 1. The van der Waals surface area contributed by atoms with Gasteiger partial charge < -0.3 is 14.0 Å². The number of para-hydroxylation sites is 1. The van der Waals surface area contributed by atoms with E-state index in [4.69, 9.17) is 14.0 Å². The lowest BCUT2D eigenvalue weighted by Crippen LogP contribution is -2.41. The van der Waals surface area contributed by atoms with Crippen LogP contribution in [0, 0.1) is 0 Å². The molecule has 4 heteroatoms. The van der Waals surface area contributed by atoms with Crippen molar-refractivity contribution >= 4 is 7.12 Å². The molecule has 24 heavy (non-hydrogen) atoms. The largest absolute Gasteiger partial charge is 0.494 e. The Bertz CT molecular complexity index is 471. The summed E-state index contributed by atoms with van der Waals surface area (Å²) in [7, 11) is -0.0988. The summed E-state index contributed by atoms with van der Waals surface area (Å²) in [6, 6.07) is 10.0. The third-order valence-corrected chi connectivity index (χ3v) is 5.32. The molecular formula is C20H33BO3. The number of ether oxygens (including phenoxy) is 1. The van der Waals surface area contributed by atoms with Gasteiger partial charge in [-0.15, -0.1) is 0 Å². The average molecular weight is 332 g/mol. The van der Waals surface area contributed by atoms with Gasteiger partial charge in [-0.2, -0.15) is 0 Å². The second kappa shape index (κ2) is 8.40. The van der Waals surface area contributed by atoms with E-state index in [1.54, 1.807) is 0 Å². The van der Waals surface area contributed by atoms with Gasteiger partial charge in [0.1, 0.15) is 5.75 Å². The SMILES string of the molecule is CCCCC(CCCOc1ccccc1)B1OC(C)(C)C(C)(C)O1. The minimum absolute atomic E-state index is 0.0988. The summed E-state index contributed by atoms with van der Waals surface area (Å²) in [5.74, 6) is 1.38. The first-order chi connectivity index (χ1) is 11.4. The maximum atomic E-state index is 6.28. The average Bonchev–Trinajstić information content (AvgIpc) is 2.75. The minimum Gasteiger partial charge on any atom is -0.494 e. The molecule has 2 rings (SSSR count). The molecule has 1 heterocycles. The normalized spacial score (nSPS) is 20.1. The first-order valence-electron chi connectivity index (χ1n) is 9.39. The van der Waals surface area contributed by atoms with E-state index in [0.717, 1.165) is 31.6 Å². The molecule has 1 aliphatic rings. The van der Waals surface area contributed by atoms with Crippen LogP contribution >= 0.6 is 0 Å². The van der Waals surface area contributed by atoms with E-state index in [0.29, 0.717) is 5.82 Å². The third-order valence-electron chi connectivity index (χ3n) is 5.32. The third kappa shape index (κ3) is 5.00. The van der Waals surface area contributed by atoms with Crippen LogP contribution in [-0.4, -0.2) is 24.9 Å². The number of hydrogen-bond acceptors (Lipinski definition) is 3. The first-order valence-corrected chi connectivity index (χ1v) is 9.39. The monoisotopic (exact) mass is 332 g/mol. The maximum absolute atomic E-state index is 6.28. The van der Waals surface area contributed by atoms with E-state index < -0.39 is 0 Å². The predicted octanol–water partition coefficient (Wildman–Crippen LogP) is 5.50. The fourth-order valence-corrected chi connectivity index (χ4v) is 3.02. The van der Waals surface area contributed by atoms with Crippen LogP contribution in [0.15, 0.2) is 30.3 Å². The molecule has 134 valence electrons. The highest BCUT2D eigenvalue weighted by atomic mass is 16.7. The summed E-state index contributed by atoms with van der Waals surface area (Å²) in [5, 5.41) is 0. The van der Waals surface area contributed by atoms with E-state index in [2.05, 4.69) is 34.6 Å². The van der Waals surface area contributed by atoms with Crippen molar-refractivity contribution in [1.29, 1.82) is 0 Å². The Morgan fingerprint density at radius 1 is 0.958 bits per heavy atom. The highest BCUT2D eigenvalue weighted by molar-refractivity contribution is 6.47. The Morgan fingerprint density at radius 3 is 2.12 bits per heavy atom. The zero-order valence-corrected chi connectivity index (χ0v) is 16.0. The topological polar surface area (TPSA) is 27.7 Å². The van der Waals surface area contributed by atoms with Crippen LogP contribution in [-0.2, 0) is 9.31 Å². The Kier molecular flexibility index (Phi) is 6.76. The van der Waals surface area contributed by atoms with Gasteiger partial charge in [0.2, 0.25) is 0 Å². The molecule has 0 aromatic heterocycles. The van der Waals surface area contributed by atoms with Crippen LogP contribution in [0.2, 0.25) is 5.82 Å². The molecule has 1 unspecified atom stereocenters. The molecule has 1 atom stereocenters. The van der Waals surface area contributed by atoms with E-state index in [9.17, 15) is 0 Å². The Hall–Kier alpha value is -0.995. The zero-order chi connectivity index (χ0) is 17.6. The summed E-state index contributed by atoms with van der Waals surface area (Å²) in [6.07, 6.45) is 5.67. The Labute approximate surface area is 148 Å². The molecule has 0 N–H and O–H groups in total. The first kappa shape index (κ1) is 19.3. The van der Waals surface area contributed by atoms with Crippen molar-refractivity contribution in [3.63, 3.8) is 0 Å². The number of rotatable bonds is 9. The van der Waals surface area contributed by atoms with Gasteiger partial charge >= 0.3 is 7.12 Å². The van der Waals surface area contributed by atoms with E-state index in [-0.39, 0.29) is 18.3 Å². The lowest BCUT2D eigenvalue weighted by atomic mass is 9.67. The molecule has 0 bridgehead atoms. The molecule has 0 spiro atoms. The lowest BCUT2D eigenvalue weighted by Gasteiger charge is -2.32. The standard InChI is InChI=1S/C20H33BO3/c1-6-7-12-17(21-23-19(2,3)20(4,5)24-21)13-11-16-22-18-14-9-8-10-15-18/h8-10,14-15,17H,6-7,11-13,16H2,1-5H3. The Morgan fingerprint density at radius 2 is 1.54 bits per heavy atom. The van der Waals surface area contributed by atoms with E-state index in [1.165, 1.54) is 12.8 Å². The van der Waals surface area contributed by atoms with Crippen LogP contribution in [0.4, 0.5) is 0 Å². The van der Waals surface area contributed by atoms with Crippen molar-refractivity contribution in [3.05, 3.63) is 30.3 Å². The molecule has 0 amide bonds. The second-order valence-corrected chi connectivity index (χ2v) is 7.83. The molecule has 1 fully saturated rings. The van der Waals surface area contributed by atoms with Gasteiger partial charge in [0, 0.05) is 0 Å². The van der Waals surface area contributed by atoms with Crippen LogP contribution in [0.1, 0.15) is 66.7 Å². The minimum atomic E-state index is -0.247. The Balaban J connectivity index is 1.85. The smallest absolute Gasteiger partial charge is 0.461 e.